The van der Waals surface area contributed by atoms with Crippen molar-refractivity contribution in [3.63, 3.8) is 0 Å². The summed E-state index contributed by atoms with van der Waals surface area (Å²) in [6.07, 6.45) is 1.51. The maximum absolute atomic E-state index is 12.3. The first-order chi connectivity index (χ1) is 8.80. The molecule has 19 heavy (non-hydrogen) atoms. The van der Waals surface area contributed by atoms with E-state index in [0.717, 1.165) is 9.78 Å². The molecule has 1 N–H and O–H groups in total. The number of hydrogen-bond acceptors (Lipinski definition) is 4. The molecule has 0 radical (unpaired) electrons. The highest BCUT2D eigenvalue weighted by Crippen LogP contribution is 2.23. The van der Waals surface area contributed by atoms with Gasteiger partial charge in [-0.2, -0.15) is 0 Å². The van der Waals surface area contributed by atoms with E-state index < -0.39 is 23.4 Å². The van der Waals surface area contributed by atoms with Gasteiger partial charge in [0.25, 0.3) is 11.8 Å². The van der Waals surface area contributed by atoms with Crippen LogP contribution < -0.4 is 5.32 Å². The summed E-state index contributed by atoms with van der Waals surface area (Å²) < 4.78 is 0. The monoisotopic (exact) mass is 278 g/mol. The zero-order valence-corrected chi connectivity index (χ0v) is 11.7. The number of imide groups is 2. The van der Waals surface area contributed by atoms with Gasteiger partial charge in [-0.05, 0) is 38.3 Å². The number of thiophene rings is 1. The molecule has 0 saturated carbocycles. The molecule has 0 aliphatic carbocycles. The molecule has 0 atom stereocenters. The van der Waals surface area contributed by atoms with E-state index in [-0.39, 0.29) is 5.57 Å². The lowest BCUT2D eigenvalue weighted by Crippen LogP contribution is -2.60. The van der Waals surface area contributed by atoms with Crippen molar-refractivity contribution in [1.82, 2.24) is 10.2 Å². The van der Waals surface area contributed by atoms with Crippen molar-refractivity contribution in [3.8, 4) is 0 Å². The summed E-state index contributed by atoms with van der Waals surface area (Å²) in [5, 5.41) is 4.04. The van der Waals surface area contributed by atoms with Gasteiger partial charge in [-0.25, -0.2) is 4.79 Å². The number of amides is 4. The number of carbonyl (C=O) groups is 3. The minimum Gasteiger partial charge on any atom is -0.273 e. The summed E-state index contributed by atoms with van der Waals surface area (Å²) in [6.45, 7) is 5.22. The van der Waals surface area contributed by atoms with Crippen LogP contribution in [-0.4, -0.2) is 28.3 Å². The molecule has 5 nitrogen and oxygen atoms in total. The van der Waals surface area contributed by atoms with Gasteiger partial charge in [0.05, 0.1) is 0 Å². The average molecular weight is 278 g/mol. The van der Waals surface area contributed by atoms with E-state index in [4.69, 9.17) is 0 Å². The molecule has 2 rings (SSSR count). The van der Waals surface area contributed by atoms with Crippen LogP contribution >= 0.6 is 11.3 Å². The summed E-state index contributed by atoms with van der Waals surface area (Å²) >= 11 is 1.42. The molecule has 1 aromatic heterocycles. The highest BCUT2D eigenvalue weighted by atomic mass is 32.1. The number of nitrogens with one attached hydrogen (secondary N) is 1. The van der Waals surface area contributed by atoms with Crippen molar-refractivity contribution in [3.05, 3.63) is 28.0 Å². The van der Waals surface area contributed by atoms with Gasteiger partial charge < -0.3 is 0 Å². The zero-order valence-electron chi connectivity index (χ0n) is 10.9. The third kappa shape index (κ3) is 2.58. The predicted molar refractivity (Wildman–Crippen MR) is 72.4 cm³/mol. The van der Waals surface area contributed by atoms with Gasteiger partial charge in [-0.1, -0.05) is 6.07 Å². The Morgan fingerprint density at radius 1 is 1.26 bits per heavy atom. The first kappa shape index (κ1) is 13.5. The van der Waals surface area contributed by atoms with Gasteiger partial charge in [0.2, 0.25) is 0 Å². The Labute approximate surface area is 114 Å². The highest BCUT2D eigenvalue weighted by Gasteiger charge is 2.41. The Bertz CT molecular complexity index is 567. The van der Waals surface area contributed by atoms with E-state index in [2.05, 4.69) is 5.32 Å². The normalized spacial score (nSPS) is 19.0. The minimum absolute atomic E-state index is 0.0167. The van der Waals surface area contributed by atoms with Gasteiger partial charge in [0.15, 0.2) is 0 Å². The van der Waals surface area contributed by atoms with Crippen LogP contribution in [0.1, 0.15) is 25.6 Å². The minimum atomic E-state index is -0.684. The lowest BCUT2D eigenvalue weighted by Gasteiger charge is -2.36. The lowest BCUT2D eigenvalue weighted by molar-refractivity contribution is -0.133. The van der Waals surface area contributed by atoms with E-state index in [1.54, 1.807) is 26.8 Å². The van der Waals surface area contributed by atoms with Crippen LogP contribution in [0.4, 0.5) is 4.79 Å². The van der Waals surface area contributed by atoms with Gasteiger partial charge in [0.1, 0.15) is 5.57 Å². The second-order valence-corrected chi connectivity index (χ2v) is 6.12. The number of carbonyl (C=O) groups excluding carboxylic acids is 3. The van der Waals surface area contributed by atoms with Crippen molar-refractivity contribution in [2.75, 3.05) is 0 Å². The Morgan fingerprint density at radius 2 is 1.95 bits per heavy atom. The van der Waals surface area contributed by atoms with Crippen LogP contribution in [0.2, 0.25) is 0 Å². The summed E-state index contributed by atoms with van der Waals surface area (Å²) in [6, 6.07) is 2.95. The van der Waals surface area contributed by atoms with Crippen molar-refractivity contribution in [2.45, 2.75) is 26.3 Å². The van der Waals surface area contributed by atoms with E-state index in [0.29, 0.717) is 0 Å². The molecule has 1 aromatic rings. The maximum Gasteiger partial charge on any atom is 0.331 e. The summed E-state index contributed by atoms with van der Waals surface area (Å²) in [5.74, 6) is -1.21. The van der Waals surface area contributed by atoms with Crippen molar-refractivity contribution < 1.29 is 14.4 Å². The Morgan fingerprint density at radius 3 is 2.47 bits per heavy atom. The molecule has 6 heteroatoms. The van der Waals surface area contributed by atoms with E-state index >= 15 is 0 Å². The van der Waals surface area contributed by atoms with Crippen molar-refractivity contribution in [2.24, 2.45) is 0 Å². The third-order valence-corrected chi connectivity index (χ3v) is 3.42. The van der Waals surface area contributed by atoms with Crippen LogP contribution in [0.5, 0.6) is 0 Å². The molecular formula is C13H14N2O3S. The zero-order chi connectivity index (χ0) is 14.2. The summed E-state index contributed by atoms with van der Waals surface area (Å²) in [5.41, 5.74) is -0.701. The first-order valence-corrected chi connectivity index (χ1v) is 6.64. The molecule has 1 aliphatic heterocycles. The molecule has 100 valence electrons. The molecule has 1 aliphatic rings. The predicted octanol–water partition coefficient (Wildman–Crippen LogP) is 2.01. The number of hydrogen-bond donors (Lipinski definition) is 1. The van der Waals surface area contributed by atoms with Crippen molar-refractivity contribution >= 4 is 35.3 Å². The molecule has 0 bridgehead atoms. The summed E-state index contributed by atoms with van der Waals surface area (Å²) in [7, 11) is 0. The fourth-order valence-corrected chi connectivity index (χ4v) is 2.44. The second-order valence-electron chi connectivity index (χ2n) is 5.14. The van der Waals surface area contributed by atoms with E-state index in [1.807, 2.05) is 11.4 Å². The number of rotatable bonds is 1. The molecular weight excluding hydrogens is 264 g/mol. The second kappa shape index (κ2) is 4.62. The number of barbiturate groups is 1. The molecule has 2 heterocycles. The van der Waals surface area contributed by atoms with Gasteiger partial charge >= 0.3 is 6.03 Å². The fourth-order valence-electron chi connectivity index (χ4n) is 1.78. The van der Waals surface area contributed by atoms with Crippen LogP contribution in [0, 0.1) is 0 Å². The largest absolute Gasteiger partial charge is 0.331 e. The maximum atomic E-state index is 12.3. The Hall–Kier alpha value is -1.95. The van der Waals surface area contributed by atoms with Crippen LogP contribution in [0.3, 0.4) is 0 Å². The van der Waals surface area contributed by atoms with Gasteiger partial charge in [-0.15, -0.1) is 11.3 Å². The molecule has 0 spiro atoms. The summed E-state index contributed by atoms with van der Waals surface area (Å²) in [4.78, 5) is 37.7. The topological polar surface area (TPSA) is 66.5 Å². The first-order valence-electron chi connectivity index (χ1n) is 5.76. The van der Waals surface area contributed by atoms with Crippen LogP contribution in [0.15, 0.2) is 23.1 Å². The quantitative estimate of drug-likeness (QED) is 0.631. The number of urea groups is 1. The molecule has 0 unspecified atom stereocenters. The number of nitrogens with zero attached hydrogens (tertiary/aromatic N) is 1. The van der Waals surface area contributed by atoms with Gasteiger partial charge in [-0.3, -0.25) is 19.8 Å². The SMILES string of the molecule is CC(C)(C)N1C(=O)NC(=O)/C(=C\c2cccs2)C1=O. The Kier molecular flexibility index (Phi) is 3.28. The lowest BCUT2D eigenvalue weighted by atomic mass is 10.0. The fraction of sp³-hybridized carbons (Fsp3) is 0.308. The third-order valence-electron chi connectivity index (χ3n) is 2.60. The standard InChI is InChI=1S/C13H14N2O3S/c1-13(2,3)15-11(17)9(10(16)14-12(15)18)7-8-5-4-6-19-8/h4-7H,1-3H3,(H,14,16,18)/b9-7+. The average Bonchev–Trinajstić information content (AvgIpc) is 2.74. The van der Waals surface area contributed by atoms with Crippen LogP contribution in [-0.2, 0) is 9.59 Å². The van der Waals surface area contributed by atoms with Crippen molar-refractivity contribution in [1.29, 1.82) is 0 Å². The smallest absolute Gasteiger partial charge is 0.273 e. The molecule has 1 saturated heterocycles. The molecule has 1 fully saturated rings. The molecule has 4 amide bonds. The van der Waals surface area contributed by atoms with Crippen LogP contribution in [0.25, 0.3) is 6.08 Å². The van der Waals surface area contributed by atoms with E-state index in [1.165, 1.54) is 17.4 Å². The van der Waals surface area contributed by atoms with E-state index in [9.17, 15) is 14.4 Å². The molecule has 0 aromatic carbocycles. The highest BCUT2D eigenvalue weighted by molar-refractivity contribution is 7.10. The Balaban J connectivity index is 2.42. The van der Waals surface area contributed by atoms with Gasteiger partial charge in [0, 0.05) is 10.4 Å².